The van der Waals surface area contributed by atoms with Crippen molar-refractivity contribution in [2.75, 3.05) is 11.6 Å². The van der Waals surface area contributed by atoms with E-state index in [1.165, 1.54) is 38.3 Å². The lowest BCUT2D eigenvalue weighted by Gasteiger charge is -2.30. The highest BCUT2D eigenvalue weighted by Crippen LogP contribution is 2.53. The number of carbonyl (C=O) groups is 3. The maximum Gasteiger partial charge on any atom is 0.435 e. The van der Waals surface area contributed by atoms with Crippen LogP contribution in [0.15, 0.2) is 36.4 Å². The summed E-state index contributed by atoms with van der Waals surface area (Å²) in [6.07, 6.45) is -12.4. The van der Waals surface area contributed by atoms with Gasteiger partial charge in [0.25, 0.3) is 11.8 Å². The number of nitrogens with one attached hydrogen (secondary N) is 3. The van der Waals surface area contributed by atoms with Crippen LogP contribution in [0.3, 0.4) is 0 Å². The maximum atomic E-state index is 14.5. The molecule has 0 saturated heterocycles. The predicted octanol–water partition coefficient (Wildman–Crippen LogP) is 6.85. The lowest BCUT2D eigenvalue weighted by molar-refractivity contribution is -0.348. The summed E-state index contributed by atoms with van der Waals surface area (Å²) in [5.41, 5.74) is -11.1. The molecule has 2 rings (SSSR count). The largest absolute Gasteiger partial charge is 0.443 e. The number of carbonyl (C=O) groups excluding carboxylic acids is 3. The fraction of sp³-hybridized carbons (Fsp3) is 0.429. The molecule has 8 nitrogen and oxygen atoms in total. The van der Waals surface area contributed by atoms with Gasteiger partial charge in [-0.2, -0.15) is 26.3 Å². The molecule has 2 aromatic rings. The van der Waals surface area contributed by atoms with Crippen LogP contribution in [0.25, 0.3) is 0 Å². The van der Waals surface area contributed by atoms with Crippen LogP contribution < -0.4 is 15.4 Å². The van der Waals surface area contributed by atoms with E-state index in [9.17, 15) is 49.3 Å². The van der Waals surface area contributed by atoms with E-state index in [-0.39, 0.29) is 33.5 Å². The van der Waals surface area contributed by atoms with Gasteiger partial charge in [-0.25, -0.2) is 18.1 Å². The summed E-state index contributed by atoms with van der Waals surface area (Å²) in [6.45, 7) is 8.70. The monoisotopic (exact) mass is 689 g/mol. The normalized spacial score (nSPS) is 14.2. The molecule has 0 aliphatic carbocycles. The molecule has 2 aromatic carbocycles. The molecule has 1 unspecified atom stereocenters. The third-order valence-corrected chi connectivity index (χ3v) is 7.70. The van der Waals surface area contributed by atoms with E-state index >= 15 is 0 Å². The Bertz CT molecular complexity index is 1590. The fourth-order valence-corrected chi connectivity index (χ4v) is 5.96. The van der Waals surface area contributed by atoms with E-state index in [1.54, 1.807) is 20.8 Å². The Labute approximate surface area is 260 Å². The van der Waals surface area contributed by atoms with E-state index in [1.807, 2.05) is 0 Å². The van der Waals surface area contributed by atoms with E-state index < -0.39 is 62.3 Å². The summed E-state index contributed by atoms with van der Waals surface area (Å²) in [7, 11) is -3.25. The SMILES string of the molecule is Cc1cc(C(F)(C(F)(F)F)C(F)(F)F)ccc1NC(=O)c1cccc(Cl)c1C(=O)NC(C)(C)C=S(C)(=O)NC(=O)OC(C)(C)C. The first-order valence-electron chi connectivity index (χ1n) is 12.8. The van der Waals surface area contributed by atoms with E-state index in [4.69, 9.17) is 16.3 Å². The average molecular weight is 690 g/mol. The zero-order valence-corrected chi connectivity index (χ0v) is 26.6. The topological polar surface area (TPSA) is 114 Å². The average Bonchev–Trinajstić information content (AvgIpc) is 2.80. The lowest BCUT2D eigenvalue weighted by atomic mass is 9.92. The van der Waals surface area contributed by atoms with Crippen LogP contribution in [0.2, 0.25) is 5.02 Å². The molecule has 250 valence electrons. The van der Waals surface area contributed by atoms with Gasteiger partial charge in [0.1, 0.15) is 5.60 Å². The number of hydrogen-bond donors (Lipinski definition) is 3. The molecular weight excluding hydrogens is 659 g/mol. The van der Waals surface area contributed by atoms with Crippen LogP contribution in [-0.2, 0) is 20.1 Å². The van der Waals surface area contributed by atoms with Gasteiger partial charge in [-0.1, -0.05) is 29.8 Å². The molecule has 45 heavy (non-hydrogen) atoms. The summed E-state index contributed by atoms with van der Waals surface area (Å²) in [6, 6.07) is 4.94. The highest BCUT2D eigenvalue weighted by atomic mass is 35.5. The van der Waals surface area contributed by atoms with Crippen molar-refractivity contribution in [3.63, 3.8) is 0 Å². The molecule has 0 spiro atoms. The van der Waals surface area contributed by atoms with E-state index in [0.717, 1.165) is 12.3 Å². The van der Waals surface area contributed by atoms with Gasteiger partial charge in [-0.05, 0) is 65.3 Å². The lowest BCUT2D eigenvalue weighted by Crippen LogP contribution is -2.50. The van der Waals surface area contributed by atoms with Crippen molar-refractivity contribution in [1.82, 2.24) is 10.0 Å². The van der Waals surface area contributed by atoms with Crippen molar-refractivity contribution in [2.45, 2.75) is 70.7 Å². The van der Waals surface area contributed by atoms with Gasteiger partial charge in [-0.3, -0.25) is 9.59 Å². The van der Waals surface area contributed by atoms with Crippen molar-refractivity contribution in [3.05, 3.63) is 63.7 Å². The first-order valence-corrected chi connectivity index (χ1v) is 15.2. The highest BCUT2D eigenvalue weighted by Gasteiger charge is 2.73. The van der Waals surface area contributed by atoms with Crippen molar-refractivity contribution in [1.29, 1.82) is 0 Å². The van der Waals surface area contributed by atoms with Gasteiger partial charge in [0, 0.05) is 22.9 Å². The van der Waals surface area contributed by atoms with Crippen molar-refractivity contribution in [3.8, 4) is 0 Å². The minimum atomic E-state index is -6.33. The Kier molecular flexibility index (Phi) is 10.6. The van der Waals surface area contributed by atoms with Gasteiger partial charge in [0.2, 0.25) is 0 Å². The van der Waals surface area contributed by atoms with Gasteiger partial charge >= 0.3 is 24.1 Å². The molecule has 0 bridgehead atoms. The molecule has 17 heteroatoms. The molecule has 0 radical (unpaired) electrons. The van der Waals surface area contributed by atoms with Crippen LogP contribution in [0.1, 0.15) is 66.5 Å². The van der Waals surface area contributed by atoms with Crippen LogP contribution in [0.4, 0.5) is 41.2 Å². The Hall–Kier alpha value is -3.53. The number of aryl methyl sites for hydroxylation is 1. The summed E-state index contributed by atoms with van der Waals surface area (Å²) >= 11 is 6.22. The Morgan fingerprint density at radius 3 is 1.93 bits per heavy atom. The van der Waals surface area contributed by atoms with E-state index in [2.05, 4.69) is 15.4 Å². The Morgan fingerprint density at radius 2 is 1.44 bits per heavy atom. The van der Waals surface area contributed by atoms with Crippen LogP contribution in [0.5, 0.6) is 0 Å². The number of anilines is 1. The molecule has 0 aliphatic rings. The summed E-state index contributed by atoms with van der Waals surface area (Å²) < 4.78 is 114. The van der Waals surface area contributed by atoms with Crippen molar-refractivity contribution < 1.29 is 54.1 Å². The van der Waals surface area contributed by atoms with Crippen LogP contribution >= 0.6 is 11.6 Å². The molecule has 0 heterocycles. The number of benzene rings is 2. The van der Waals surface area contributed by atoms with Gasteiger partial charge < -0.3 is 15.4 Å². The molecule has 0 aromatic heterocycles. The molecular formula is C28H31ClF7N3O5S. The molecule has 3 N–H and O–H groups in total. The van der Waals surface area contributed by atoms with Crippen molar-refractivity contribution >= 4 is 50.3 Å². The quantitative estimate of drug-likeness (QED) is 0.217. The fourth-order valence-electron chi connectivity index (χ4n) is 4.08. The predicted molar refractivity (Wildman–Crippen MR) is 157 cm³/mol. The zero-order chi connectivity index (χ0) is 35.0. The second kappa shape index (κ2) is 12.7. The van der Waals surface area contributed by atoms with Crippen LogP contribution in [-0.4, -0.2) is 57.2 Å². The first kappa shape index (κ1) is 37.7. The standard InChI is InChI=1S/C28H31ClF7N3O5S/c1-15-13-16(26(30,27(31,32)33)28(34,35)36)11-12-19(15)37-21(40)17-9-8-10-18(29)20(17)22(41)38-25(5,6)14-45(7,43)39-23(42)44-24(2,3)4/h8-14H,1-7H3,(H,37,40)(H,38,41)(H,39,42,43). The number of amides is 3. The van der Waals surface area contributed by atoms with Crippen molar-refractivity contribution in [2.24, 2.45) is 0 Å². The van der Waals surface area contributed by atoms with Gasteiger partial charge in [-0.15, -0.1) is 0 Å². The summed E-state index contributed by atoms with van der Waals surface area (Å²) in [5, 5.41) is 5.71. The first-order chi connectivity index (χ1) is 20.1. The minimum Gasteiger partial charge on any atom is -0.443 e. The molecule has 0 fully saturated rings. The third kappa shape index (κ3) is 9.25. The highest BCUT2D eigenvalue weighted by molar-refractivity contribution is 7.99. The number of ether oxygens (including phenoxy) is 1. The number of rotatable bonds is 7. The number of hydrogen-bond acceptors (Lipinski definition) is 5. The third-order valence-electron chi connectivity index (χ3n) is 5.78. The van der Waals surface area contributed by atoms with E-state index in [0.29, 0.717) is 12.1 Å². The maximum absolute atomic E-state index is 14.5. The summed E-state index contributed by atoms with van der Waals surface area (Å²) in [4.78, 5) is 38.6. The zero-order valence-electron chi connectivity index (χ0n) is 25.0. The van der Waals surface area contributed by atoms with Crippen LogP contribution in [0, 0.1) is 6.92 Å². The second-order valence-corrected chi connectivity index (χ2v) is 14.3. The Morgan fingerprint density at radius 1 is 0.889 bits per heavy atom. The number of alkyl halides is 7. The smallest absolute Gasteiger partial charge is 0.435 e. The van der Waals surface area contributed by atoms with Gasteiger partial charge in [0.15, 0.2) is 0 Å². The Balaban J connectivity index is 2.40. The second-order valence-electron chi connectivity index (χ2n) is 11.6. The number of halogens is 8. The van der Waals surface area contributed by atoms with Gasteiger partial charge in [0.05, 0.1) is 31.4 Å². The molecule has 3 amide bonds. The minimum absolute atomic E-state index is 0.218. The molecule has 0 aliphatic heterocycles. The molecule has 1 atom stereocenters. The summed E-state index contributed by atoms with van der Waals surface area (Å²) in [5.74, 6) is -1.98. The molecule has 0 saturated carbocycles.